The first kappa shape index (κ1) is 19.4. The molecule has 31 heavy (non-hydrogen) atoms. The third-order valence-electron chi connectivity index (χ3n) is 5.56. The molecule has 2 atom stereocenters. The molecule has 8 heteroatoms. The molecule has 156 valence electrons. The summed E-state index contributed by atoms with van der Waals surface area (Å²) in [5, 5.41) is 13.4. The van der Waals surface area contributed by atoms with Crippen molar-refractivity contribution in [3.63, 3.8) is 0 Å². The molecule has 2 unspecified atom stereocenters. The first-order valence-electron chi connectivity index (χ1n) is 9.70. The van der Waals surface area contributed by atoms with Crippen molar-refractivity contribution in [2.75, 3.05) is 16.5 Å². The van der Waals surface area contributed by atoms with Crippen LogP contribution in [-0.2, 0) is 4.84 Å². The van der Waals surface area contributed by atoms with E-state index in [-0.39, 0.29) is 23.5 Å². The van der Waals surface area contributed by atoms with Crippen molar-refractivity contribution in [3.8, 4) is 0 Å². The van der Waals surface area contributed by atoms with E-state index in [2.05, 4.69) is 0 Å². The Morgan fingerprint density at radius 2 is 1.61 bits per heavy atom. The van der Waals surface area contributed by atoms with Gasteiger partial charge < -0.3 is 9.74 Å². The van der Waals surface area contributed by atoms with Crippen molar-refractivity contribution >= 4 is 28.7 Å². The minimum atomic E-state index is -0.418. The highest BCUT2D eigenvalue weighted by molar-refractivity contribution is 6.30. The maximum atomic E-state index is 13.6. The topological polar surface area (TPSA) is 58.9 Å². The van der Waals surface area contributed by atoms with Gasteiger partial charge in [0.2, 0.25) is 0 Å². The van der Waals surface area contributed by atoms with Gasteiger partial charge in [0.1, 0.15) is 11.9 Å². The van der Waals surface area contributed by atoms with Crippen LogP contribution in [0.4, 0.5) is 21.5 Å². The van der Waals surface area contributed by atoms with Crippen LogP contribution in [0, 0.1) is 21.8 Å². The average molecular weight is 438 g/mol. The first-order valence-corrected chi connectivity index (χ1v) is 10.1. The monoisotopic (exact) mass is 437 g/mol. The number of benzene rings is 3. The Kier molecular flexibility index (Phi) is 4.75. The molecule has 3 aromatic carbocycles. The third-order valence-corrected chi connectivity index (χ3v) is 5.82. The molecule has 0 saturated carbocycles. The second-order valence-electron chi connectivity index (χ2n) is 7.45. The van der Waals surface area contributed by atoms with Crippen LogP contribution < -0.4 is 9.96 Å². The number of rotatable bonds is 4. The van der Waals surface area contributed by atoms with E-state index in [4.69, 9.17) is 16.4 Å². The molecule has 1 fully saturated rings. The summed E-state index contributed by atoms with van der Waals surface area (Å²) < 4.78 is 13.6. The number of anilines is 2. The van der Waals surface area contributed by atoms with Gasteiger partial charge in [0.25, 0.3) is 5.69 Å². The summed E-state index contributed by atoms with van der Waals surface area (Å²) in [4.78, 5) is 18.8. The zero-order valence-corrected chi connectivity index (χ0v) is 16.9. The van der Waals surface area contributed by atoms with E-state index in [0.717, 1.165) is 22.7 Å². The minimum Gasteiger partial charge on any atom is -0.381 e. The highest BCUT2D eigenvalue weighted by Crippen LogP contribution is 2.48. The van der Waals surface area contributed by atoms with Crippen LogP contribution in [0.25, 0.3) is 0 Å². The molecule has 0 aliphatic carbocycles. The lowest BCUT2D eigenvalue weighted by Crippen LogP contribution is -2.29. The van der Waals surface area contributed by atoms with Gasteiger partial charge in [-0.1, -0.05) is 23.7 Å². The van der Waals surface area contributed by atoms with Crippen LogP contribution >= 0.6 is 11.6 Å². The van der Waals surface area contributed by atoms with Gasteiger partial charge in [0.15, 0.2) is 5.76 Å². The minimum absolute atomic E-state index is 0.00340. The summed E-state index contributed by atoms with van der Waals surface area (Å²) in [5.74, 6) is 0.481. The molecule has 2 aliphatic heterocycles. The average Bonchev–Trinajstić information content (AvgIpc) is 3.33. The van der Waals surface area contributed by atoms with Gasteiger partial charge in [-0.3, -0.25) is 10.1 Å². The lowest BCUT2D eigenvalue weighted by Gasteiger charge is -2.28. The molecule has 0 aromatic heterocycles. The number of hydrogen-bond acceptors (Lipinski definition) is 5. The van der Waals surface area contributed by atoms with Gasteiger partial charge in [-0.05, 0) is 54.1 Å². The van der Waals surface area contributed by atoms with Crippen molar-refractivity contribution in [3.05, 3.63) is 111 Å². The summed E-state index contributed by atoms with van der Waals surface area (Å²) in [6.07, 6.45) is 1.91. The van der Waals surface area contributed by atoms with Crippen LogP contribution in [0.2, 0.25) is 5.02 Å². The number of nitrogens with zero attached hydrogens (tertiary/aromatic N) is 3. The standard InChI is InChI=1S/C23H17ClFN3O3/c24-16-3-7-19(8-4-16)27-23(15-1-5-17(25)6-2-15)21-13-26(14-22(21)31-27)18-9-11-20(12-10-18)28(29)30/h1-12,14,21,23H,13H2. The highest BCUT2D eigenvalue weighted by Gasteiger charge is 2.46. The Bertz CT molecular complexity index is 1150. The van der Waals surface area contributed by atoms with Gasteiger partial charge in [0.05, 0.1) is 16.5 Å². The van der Waals surface area contributed by atoms with Crippen molar-refractivity contribution in [2.45, 2.75) is 6.04 Å². The van der Waals surface area contributed by atoms with Crippen LogP contribution in [0.3, 0.4) is 0 Å². The van der Waals surface area contributed by atoms with Crippen molar-refractivity contribution in [1.29, 1.82) is 0 Å². The summed E-state index contributed by atoms with van der Waals surface area (Å²) in [6.45, 7) is 0.624. The largest absolute Gasteiger partial charge is 0.381 e. The molecule has 0 spiro atoms. The summed E-state index contributed by atoms with van der Waals surface area (Å²) >= 11 is 6.04. The van der Waals surface area contributed by atoms with Crippen LogP contribution in [-0.4, -0.2) is 11.5 Å². The molecule has 5 rings (SSSR count). The zero-order chi connectivity index (χ0) is 21.5. The van der Waals surface area contributed by atoms with Gasteiger partial charge in [-0.2, -0.15) is 0 Å². The summed E-state index contributed by atoms with van der Waals surface area (Å²) in [6, 6.07) is 20.0. The molecule has 1 saturated heterocycles. The predicted molar refractivity (Wildman–Crippen MR) is 116 cm³/mol. The van der Waals surface area contributed by atoms with Crippen LogP contribution in [0.15, 0.2) is 84.8 Å². The third kappa shape index (κ3) is 3.57. The molecule has 0 N–H and O–H groups in total. The Morgan fingerprint density at radius 1 is 0.968 bits per heavy atom. The van der Waals surface area contributed by atoms with Gasteiger partial charge in [-0.25, -0.2) is 9.45 Å². The molecular weight excluding hydrogens is 421 g/mol. The van der Waals surface area contributed by atoms with Crippen molar-refractivity contribution in [2.24, 2.45) is 5.92 Å². The van der Waals surface area contributed by atoms with Gasteiger partial charge >= 0.3 is 0 Å². The summed E-state index contributed by atoms with van der Waals surface area (Å²) in [7, 11) is 0. The molecule has 3 aromatic rings. The zero-order valence-electron chi connectivity index (χ0n) is 16.2. The van der Waals surface area contributed by atoms with E-state index in [1.54, 1.807) is 36.4 Å². The Morgan fingerprint density at radius 3 is 2.26 bits per heavy atom. The quantitative estimate of drug-likeness (QED) is 0.378. The highest BCUT2D eigenvalue weighted by atomic mass is 35.5. The molecule has 2 aliphatic rings. The SMILES string of the molecule is O=[N+]([O-])c1ccc(N2C=C3ON(c4ccc(Cl)cc4)C(c4ccc(F)cc4)C3C2)cc1. The fourth-order valence-electron chi connectivity index (χ4n) is 4.06. The van der Waals surface area contributed by atoms with Crippen LogP contribution in [0.5, 0.6) is 0 Å². The maximum absolute atomic E-state index is 13.6. The second kappa shape index (κ2) is 7.59. The molecule has 6 nitrogen and oxygen atoms in total. The normalized spacial score (nSPS) is 19.7. The number of hydrogen-bond donors (Lipinski definition) is 0. The fraction of sp³-hybridized carbons (Fsp3) is 0.130. The Balaban J connectivity index is 1.49. The number of halogens is 2. The molecule has 0 amide bonds. The Labute approximate surface area is 182 Å². The Hall–Kier alpha value is -3.58. The second-order valence-corrected chi connectivity index (χ2v) is 7.89. The first-order chi connectivity index (χ1) is 15.0. The van der Waals surface area contributed by atoms with E-state index in [9.17, 15) is 14.5 Å². The van der Waals surface area contributed by atoms with Crippen molar-refractivity contribution in [1.82, 2.24) is 0 Å². The lowest BCUT2D eigenvalue weighted by molar-refractivity contribution is -0.384. The number of non-ortho nitro benzene ring substituents is 1. The maximum Gasteiger partial charge on any atom is 0.269 e. The molecule has 0 bridgehead atoms. The van der Waals surface area contributed by atoms with Gasteiger partial charge in [-0.15, -0.1) is 0 Å². The molecule has 2 heterocycles. The number of nitro groups is 1. The lowest BCUT2D eigenvalue weighted by atomic mass is 9.93. The van der Waals surface area contributed by atoms with E-state index >= 15 is 0 Å². The van der Waals surface area contributed by atoms with E-state index in [0.29, 0.717) is 11.6 Å². The molecular formula is C23H17ClFN3O3. The van der Waals surface area contributed by atoms with Crippen molar-refractivity contribution < 1.29 is 14.2 Å². The molecule has 0 radical (unpaired) electrons. The number of nitro benzene ring substituents is 1. The van der Waals surface area contributed by atoms with E-state index in [1.165, 1.54) is 24.3 Å². The van der Waals surface area contributed by atoms with Crippen LogP contribution in [0.1, 0.15) is 11.6 Å². The summed E-state index contributed by atoms with van der Waals surface area (Å²) in [5.41, 5.74) is 2.66. The smallest absolute Gasteiger partial charge is 0.269 e. The van der Waals surface area contributed by atoms with E-state index in [1.807, 2.05) is 28.3 Å². The number of fused-ring (bicyclic) bond motifs is 1. The fourth-order valence-corrected chi connectivity index (χ4v) is 4.19. The van der Waals surface area contributed by atoms with E-state index < -0.39 is 4.92 Å². The van der Waals surface area contributed by atoms with Gasteiger partial charge in [0, 0.05) is 35.6 Å². The predicted octanol–water partition coefficient (Wildman–Crippen LogP) is 5.86. The number of hydroxylamine groups is 1.